The van der Waals surface area contributed by atoms with Gasteiger partial charge in [-0.25, -0.2) is 0 Å². The van der Waals surface area contributed by atoms with Crippen molar-refractivity contribution in [1.82, 2.24) is 4.90 Å². The van der Waals surface area contributed by atoms with Gasteiger partial charge in [-0.1, -0.05) is 23.8 Å². The number of rotatable bonds is 6. The first-order valence-corrected chi connectivity index (χ1v) is 6.06. The van der Waals surface area contributed by atoms with Crippen LogP contribution in [0.3, 0.4) is 0 Å². The number of likely N-dealkylation sites (N-methyl/N-ethyl adjacent to an activating group) is 1. The number of hydrogen-bond donors (Lipinski definition) is 2. The van der Waals surface area contributed by atoms with E-state index in [1.165, 1.54) is 16.7 Å². The fraction of sp³-hybridized carbons (Fsp3) is 0.571. The van der Waals surface area contributed by atoms with Gasteiger partial charge in [0.25, 0.3) is 0 Å². The van der Waals surface area contributed by atoms with Gasteiger partial charge in [-0.3, -0.25) is 0 Å². The number of aliphatic hydroxyl groups excluding tert-OH is 2. The first-order chi connectivity index (χ1) is 8.02. The van der Waals surface area contributed by atoms with Crippen LogP contribution in [0.4, 0.5) is 0 Å². The molecule has 3 heteroatoms. The summed E-state index contributed by atoms with van der Waals surface area (Å²) in [4.78, 5) is 2.04. The number of benzene rings is 1. The topological polar surface area (TPSA) is 43.7 Å². The summed E-state index contributed by atoms with van der Waals surface area (Å²) in [5, 5.41) is 18.1. The summed E-state index contributed by atoms with van der Waals surface area (Å²) in [6.07, 6.45) is 0.333. The van der Waals surface area contributed by atoms with Gasteiger partial charge in [0.15, 0.2) is 0 Å². The van der Waals surface area contributed by atoms with E-state index in [4.69, 9.17) is 5.11 Å². The molecule has 1 atom stereocenters. The van der Waals surface area contributed by atoms with Gasteiger partial charge < -0.3 is 15.1 Å². The Balaban J connectivity index is 2.44. The maximum absolute atomic E-state index is 9.32. The van der Waals surface area contributed by atoms with E-state index in [9.17, 15) is 5.11 Å². The summed E-state index contributed by atoms with van der Waals surface area (Å²) < 4.78 is 0. The maximum atomic E-state index is 9.32. The zero-order valence-corrected chi connectivity index (χ0v) is 11.0. The highest BCUT2D eigenvalue weighted by Gasteiger charge is 2.07. The van der Waals surface area contributed by atoms with Crippen LogP contribution in [-0.4, -0.2) is 48.0 Å². The van der Waals surface area contributed by atoms with Crippen molar-refractivity contribution < 1.29 is 10.2 Å². The molecule has 0 aliphatic rings. The average molecular weight is 237 g/mol. The molecule has 0 fully saturated rings. The first kappa shape index (κ1) is 14.2. The Bertz CT molecular complexity index is 352. The summed E-state index contributed by atoms with van der Waals surface area (Å²) in [5.74, 6) is 0. The molecule has 3 nitrogen and oxygen atoms in total. The van der Waals surface area contributed by atoms with Gasteiger partial charge in [0.05, 0.1) is 12.7 Å². The van der Waals surface area contributed by atoms with Crippen molar-refractivity contribution >= 4 is 0 Å². The smallest absolute Gasteiger partial charge is 0.0897 e. The lowest BCUT2D eigenvalue weighted by atomic mass is 10.0. The third kappa shape index (κ3) is 4.86. The molecule has 96 valence electrons. The molecule has 1 unspecified atom stereocenters. The van der Waals surface area contributed by atoms with E-state index >= 15 is 0 Å². The van der Waals surface area contributed by atoms with Gasteiger partial charge in [-0.05, 0) is 38.4 Å². The summed E-state index contributed by atoms with van der Waals surface area (Å²) >= 11 is 0. The molecule has 0 aromatic heterocycles. The van der Waals surface area contributed by atoms with E-state index in [1.807, 2.05) is 11.9 Å². The number of nitrogens with zero attached hydrogens (tertiary/aromatic N) is 1. The minimum Gasteiger partial charge on any atom is -0.394 e. The third-order valence-electron chi connectivity index (χ3n) is 2.99. The van der Waals surface area contributed by atoms with Gasteiger partial charge in [0, 0.05) is 13.1 Å². The first-order valence-electron chi connectivity index (χ1n) is 6.06. The van der Waals surface area contributed by atoms with E-state index in [0.717, 1.165) is 13.0 Å². The quantitative estimate of drug-likeness (QED) is 0.779. The molecule has 2 N–H and O–H groups in total. The lowest BCUT2D eigenvalue weighted by Gasteiger charge is -2.19. The molecule has 0 aliphatic heterocycles. The Labute approximate surface area is 104 Å². The van der Waals surface area contributed by atoms with Crippen molar-refractivity contribution in [3.63, 3.8) is 0 Å². The predicted octanol–water partition coefficient (Wildman–Crippen LogP) is 1.13. The highest BCUT2D eigenvalue weighted by Crippen LogP contribution is 2.11. The number of aryl methyl sites for hydroxylation is 2. The molecule has 0 heterocycles. The molecule has 0 bridgehead atoms. The second-order valence-corrected chi connectivity index (χ2v) is 4.78. The summed E-state index contributed by atoms with van der Waals surface area (Å²) in [5.41, 5.74) is 3.96. The van der Waals surface area contributed by atoms with E-state index in [0.29, 0.717) is 6.54 Å². The molecule has 1 rings (SSSR count). The molecule has 0 radical (unpaired) electrons. The second-order valence-electron chi connectivity index (χ2n) is 4.78. The van der Waals surface area contributed by atoms with Gasteiger partial charge >= 0.3 is 0 Å². The summed E-state index contributed by atoms with van der Waals surface area (Å²) in [7, 11) is 1.96. The number of aliphatic hydroxyl groups is 2. The Hall–Kier alpha value is -0.900. The minimum atomic E-state index is -0.640. The molecule has 1 aromatic carbocycles. The fourth-order valence-electron chi connectivity index (χ4n) is 1.95. The van der Waals surface area contributed by atoms with Crippen molar-refractivity contribution in [3.8, 4) is 0 Å². The molecular weight excluding hydrogens is 214 g/mol. The van der Waals surface area contributed by atoms with Crippen LogP contribution < -0.4 is 0 Å². The zero-order valence-electron chi connectivity index (χ0n) is 11.0. The van der Waals surface area contributed by atoms with Crippen molar-refractivity contribution in [2.75, 3.05) is 26.7 Å². The SMILES string of the molecule is Cc1ccc(CCN(C)CC(O)CO)c(C)c1. The highest BCUT2D eigenvalue weighted by atomic mass is 16.3. The van der Waals surface area contributed by atoms with E-state index in [1.54, 1.807) is 0 Å². The monoisotopic (exact) mass is 237 g/mol. The standard InChI is InChI=1S/C14H23NO2/c1-11-4-5-13(12(2)8-11)6-7-15(3)9-14(17)10-16/h4-5,8,14,16-17H,6-7,9-10H2,1-3H3. The molecule has 0 saturated heterocycles. The Morgan fingerprint density at radius 3 is 2.59 bits per heavy atom. The Kier molecular flexibility index (Phi) is 5.62. The van der Waals surface area contributed by atoms with E-state index < -0.39 is 6.10 Å². The van der Waals surface area contributed by atoms with Crippen molar-refractivity contribution in [3.05, 3.63) is 34.9 Å². The predicted molar refractivity (Wildman–Crippen MR) is 70.2 cm³/mol. The highest BCUT2D eigenvalue weighted by molar-refractivity contribution is 5.30. The van der Waals surface area contributed by atoms with E-state index in [-0.39, 0.29) is 6.61 Å². The van der Waals surface area contributed by atoms with Gasteiger partial charge in [-0.15, -0.1) is 0 Å². The van der Waals surface area contributed by atoms with Gasteiger partial charge in [-0.2, -0.15) is 0 Å². The molecule has 0 saturated carbocycles. The normalized spacial score (nSPS) is 13.1. The van der Waals surface area contributed by atoms with Crippen LogP contribution in [0.5, 0.6) is 0 Å². The molecule has 1 aromatic rings. The Morgan fingerprint density at radius 1 is 1.29 bits per heavy atom. The van der Waals surface area contributed by atoms with Crippen LogP contribution >= 0.6 is 0 Å². The van der Waals surface area contributed by atoms with Crippen molar-refractivity contribution in [1.29, 1.82) is 0 Å². The third-order valence-corrected chi connectivity index (χ3v) is 2.99. The average Bonchev–Trinajstić information content (AvgIpc) is 2.27. The second kappa shape index (κ2) is 6.74. The Morgan fingerprint density at radius 2 is 2.00 bits per heavy atom. The van der Waals surface area contributed by atoms with Gasteiger partial charge in [0.2, 0.25) is 0 Å². The van der Waals surface area contributed by atoms with Crippen LogP contribution in [0.15, 0.2) is 18.2 Å². The minimum absolute atomic E-state index is 0.173. The fourth-order valence-corrected chi connectivity index (χ4v) is 1.95. The summed E-state index contributed by atoms with van der Waals surface area (Å²) in [6, 6.07) is 6.49. The molecule has 0 amide bonds. The lowest BCUT2D eigenvalue weighted by molar-refractivity contribution is 0.0669. The van der Waals surface area contributed by atoms with Crippen LogP contribution in [-0.2, 0) is 6.42 Å². The summed E-state index contributed by atoms with van der Waals surface area (Å²) in [6.45, 7) is 5.46. The van der Waals surface area contributed by atoms with Crippen LogP contribution in [0, 0.1) is 13.8 Å². The maximum Gasteiger partial charge on any atom is 0.0897 e. The van der Waals surface area contributed by atoms with E-state index in [2.05, 4.69) is 32.0 Å². The van der Waals surface area contributed by atoms with Crippen LogP contribution in [0.1, 0.15) is 16.7 Å². The number of hydrogen-bond acceptors (Lipinski definition) is 3. The van der Waals surface area contributed by atoms with Crippen LogP contribution in [0.25, 0.3) is 0 Å². The molecule has 0 aliphatic carbocycles. The lowest BCUT2D eigenvalue weighted by Crippen LogP contribution is -2.32. The van der Waals surface area contributed by atoms with Crippen LogP contribution in [0.2, 0.25) is 0 Å². The van der Waals surface area contributed by atoms with Gasteiger partial charge in [0.1, 0.15) is 0 Å². The zero-order chi connectivity index (χ0) is 12.8. The molecule has 0 spiro atoms. The molecular formula is C14H23NO2. The van der Waals surface area contributed by atoms with Crippen molar-refractivity contribution in [2.45, 2.75) is 26.4 Å². The van der Waals surface area contributed by atoms with Crippen molar-refractivity contribution in [2.24, 2.45) is 0 Å². The largest absolute Gasteiger partial charge is 0.394 e. The molecule has 17 heavy (non-hydrogen) atoms.